The average Bonchev–Trinajstić information content (AvgIpc) is 3.38. The highest BCUT2D eigenvalue weighted by Crippen LogP contribution is 2.71. The van der Waals surface area contributed by atoms with E-state index in [0.717, 1.165) is 24.8 Å². The summed E-state index contributed by atoms with van der Waals surface area (Å²) in [6.45, 7) is 12.1. The van der Waals surface area contributed by atoms with Crippen LogP contribution in [0.15, 0.2) is 36.0 Å². The molecule has 164 valence electrons. The number of hydrogen-bond donors (Lipinski definition) is 1. The Balaban J connectivity index is 1.43. The molecule has 0 radical (unpaired) electrons. The Morgan fingerprint density at radius 1 is 1.17 bits per heavy atom. The van der Waals surface area contributed by atoms with Crippen molar-refractivity contribution in [3.8, 4) is 0 Å². The van der Waals surface area contributed by atoms with Crippen LogP contribution in [0.25, 0.3) is 0 Å². The van der Waals surface area contributed by atoms with Crippen molar-refractivity contribution in [3.63, 3.8) is 0 Å². The highest BCUT2D eigenvalue weighted by atomic mass is 16.9. The zero-order valence-electron chi connectivity index (χ0n) is 18.4. The lowest BCUT2D eigenvalue weighted by molar-refractivity contribution is -0.257. The third kappa shape index (κ3) is 2.11. The molecule has 9 atom stereocenters. The van der Waals surface area contributed by atoms with Crippen LogP contribution < -0.4 is 0 Å². The normalized spacial score (nSPS) is 56.9. The van der Waals surface area contributed by atoms with Gasteiger partial charge in [-0.3, -0.25) is 0 Å². The Hall–Kier alpha value is -0.980. The van der Waals surface area contributed by atoms with Crippen LogP contribution >= 0.6 is 0 Å². The Bertz CT molecular complexity index is 835. The molecule has 6 aliphatic rings. The highest BCUT2D eigenvalue weighted by Gasteiger charge is 2.76. The highest BCUT2D eigenvalue weighted by molar-refractivity contribution is 5.45. The van der Waals surface area contributed by atoms with Crippen molar-refractivity contribution < 1.29 is 24.1 Å². The summed E-state index contributed by atoms with van der Waals surface area (Å²) in [6.07, 6.45) is 10.1. The van der Waals surface area contributed by atoms with Gasteiger partial charge in [0.15, 0.2) is 13.6 Å². The third-order valence-corrected chi connectivity index (χ3v) is 9.91. The summed E-state index contributed by atoms with van der Waals surface area (Å²) >= 11 is 0. The van der Waals surface area contributed by atoms with Gasteiger partial charge in [0.25, 0.3) is 0 Å². The fourth-order valence-corrected chi connectivity index (χ4v) is 8.79. The van der Waals surface area contributed by atoms with Crippen LogP contribution in [0.5, 0.6) is 0 Å². The maximum Gasteiger partial charge on any atom is 0.226 e. The number of aliphatic hydroxyl groups is 1. The van der Waals surface area contributed by atoms with E-state index in [-0.39, 0.29) is 30.3 Å². The molecule has 2 heterocycles. The van der Waals surface area contributed by atoms with Gasteiger partial charge in [-0.05, 0) is 49.0 Å². The first-order valence-corrected chi connectivity index (χ1v) is 11.5. The van der Waals surface area contributed by atoms with Crippen molar-refractivity contribution in [1.82, 2.24) is 0 Å². The Kier molecular flexibility index (Phi) is 3.99. The number of rotatable bonds is 0. The third-order valence-electron chi connectivity index (χ3n) is 9.91. The predicted octanol–water partition coefficient (Wildman–Crippen LogP) is 3.94. The molecule has 1 unspecified atom stereocenters. The summed E-state index contributed by atoms with van der Waals surface area (Å²) in [5.41, 5.74) is 1.63. The van der Waals surface area contributed by atoms with E-state index in [4.69, 9.17) is 18.9 Å². The summed E-state index contributed by atoms with van der Waals surface area (Å²) in [6, 6.07) is 0. The maximum absolute atomic E-state index is 11.7. The number of fused-ring (bicyclic) bond motifs is 7. The molecular weight excluding hydrogens is 380 g/mol. The summed E-state index contributed by atoms with van der Waals surface area (Å²) in [4.78, 5) is 0. The van der Waals surface area contributed by atoms with Crippen molar-refractivity contribution in [2.45, 2.75) is 63.9 Å². The molecule has 3 saturated carbocycles. The molecule has 0 bridgehead atoms. The second-order valence-electron chi connectivity index (χ2n) is 11.0. The van der Waals surface area contributed by atoms with Crippen molar-refractivity contribution >= 4 is 0 Å². The van der Waals surface area contributed by atoms with Crippen molar-refractivity contribution in [2.24, 2.45) is 34.5 Å². The number of hydrogen-bond acceptors (Lipinski definition) is 5. The molecule has 30 heavy (non-hydrogen) atoms. The first kappa shape index (κ1) is 19.7. The van der Waals surface area contributed by atoms with E-state index in [1.54, 1.807) is 0 Å². The van der Waals surface area contributed by atoms with E-state index in [1.807, 2.05) is 0 Å². The van der Waals surface area contributed by atoms with Crippen LogP contribution in [-0.4, -0.2) is 42.8 Å². The lowest BCUT2D eigenvalue weighted by atomic mass is 9.44. The lowest BCUT2D eigenvalue weighted by Crippen LogP contribution is -2.66. The van der Waals surface area contributed by atoms with E-state index < -0.39 is 17.5 Å². The molecule has 6 rings (SSSR count). The monoisotopic (exact) mass is 414 g/mol. The van der Waals surface area contributed by atoms with Gasteiger partial charge < -0.3 is 24.1 Å². The molecule has 2 aliphatic heterocycles. The van der Waals surface area contributed by atoms with Gasteiger partial charge in [-0.1, -0.05) is 51.2 Å². The minimum atomic E-state index is -0.833. The summed E-state index contributed by atoms with van der Waals surface area (Å²) < 4.78 is 24.2. The van der Waals surface area contributed by atoms with Crippen LogP contribution in [0.2, 0.25) is 0 Å². The fraction of sp³-hybridized carbons (Fsp3) is 0.760. The summed E-state index contributed by atoms with van der Waals surface area (Å²) in [7, 11) is 0. The van der Waals surface area contributed by atoms with E-state index in [0.29, 0.717) is 30.8 Å². The number of allylic oxidation sites excluding steroid dienone is 5. The first-order chi connectivity index (χ1) is 14.3. The fourth-order valence-electron chi connectivity index (χ4n) is 8.79. The average molecular weight is 415 g/mol. The Morgan fingerprint density at radius 2 is 1.97 bits per heavy atom. The zero-order valence-corrected chi connectivity index (χ0v) is 18.4. The summed E-state index contributed by atoms with van der Waals surface area (Å²) in [5.74, 6) is 0.769. The van der Waals surface area contributed by atoms with Crippen molar-refractivity contribution in [1.29, 1.82) is 0 Å². The Morgan fingerprint density at radius 3 is 2.73 bits per heavy atom. The molecule has 2 saturated heterocycles. The minimum absolute atomic E-state index is 0.113. The molecule has 5 nitrogen and oxygen atoms in total. The van der Waals surface area contributed by atoms with Crippen molar-refractivity contribution in [3.05, 3.63) is 36.0 Å². The van der Waals surface area contributed by atoms with Gasteiger partial charge in [0, 0.05) is 16.7 Å². The molecule has 4 aliphatic carbocycles. The molecule has 5 fully saturated rings. The summed E-state index contributed by atoms with van der Waals surface area (Å²) in [5, 5.41) is 11.7. The molecule has 1 N–H and O–H groups in total. The standard InChI is InChI=1S/C25H34O5/c1-15-5-7-22(3)19(9-15)16(2)10-17-18-6-8-24(23(18,4)11-20(26)21(17)22)25(30-14-28-24)12-27-13-29-25/h5,7,9,16-18,20-21,26H,1,6,8,10-14H2,2-4H3/t16-,17-,18-,20-,21+,22-,23-,24+,25?/m0/s1. The van der Waals surface area contributed by atoms with Gasteiger partial charge >= 0.3 is 0 Å². The maximum atomic E-state index is 11.7. The topological polar surface area (TPSA) is 57.2 Å². The first-order valence-electron chi connectivity index (χ1n) is 11.5. The van der Waals surface area contributed by atoms with Gasteiger partial charge in [-0.2, -0.15) is 0 Å². The molecular formula is C25H34O5. The van der Waals surface area contributed by atoms with Crippen LogP contribution in [0.4, 0.5) is 0 Å². The second kappa shape index (κ2) is 6.08. The molecule has 2 spiro atoms. The quantitative estimate of drug-likeness (QED) is 0.651. The minimum Gasteiger partial charge on any atom is -0.393 e. The van der Waals surface area contributed by atoms with Crippen molar-refractivity contribution in [2.75, 3.05) is 20.2 Å². The lowest BCUT2D eigenvalue weighted by Gasteiger charge is -2.62. The molecule has 0 aromatic rings. The second-order valence-corrected chi connectivity index (χ2v) is 11.0. The van der Waals surface area contributed by atoms with Gasteiger partial charge in [0.1, 0.15) is 12.2 Å². The predicted molar refractivity (Wildman–Crippen MR) is 111 cm³/mol. The zero-order chi connectivity index (χ0) is 20.9. The molecule has 5 heteroatoms. The van der Waals surface area contributed by atoms with Gasteiger partial charge in [0.2, 0.25) is 5.79 Å². The van der Waals surface area contributed by atoms with E-state index in [9.17, 15) is 5.11 Å². The Labute approximate surface area is 179 Å². The van der Waals surface area contributed by atoms with Gasteiger partial charge in [-0.25, -0.2) is 0 Å². The van der Waals surface area contributed by atoms with E-state index >= 15 is 0 Å². The van der Waals surface area contributed by atoms with Crippen LogP contribution in [0.3, 0.4) is 0 Å². The molecule has 0 aromatic heterocycles. The largest absolute Gasteiger partial charge is 0.393 e. The number of ether oxygens (including phenoxy) is 4. The SMILES string of the molecule is C=C1C=C[C@@]2(C)C(=C1)[C@@H](C)C[C@@H]1[C@@H]2[C@@H](O)C[C@@]2(C)[C@H]1CC[C@@]21OCOC12COCO2. The van der Waals surface area contributed by atoms with E-state index in [2.05, 4.69) is 45.6 Å². The molecule has 0 amide bonds. The van der Waals surface area contributed by atoms with E-state index in [1.165, 1.54) is 5.57 Å². The van der Waals surface area contributed by atoms with Gasteiger partial charge in [-0.15, -0.1) is 0 Å². The smallest absolute Gasteiger partial charge is 0.226 e. The van der Waals surface area contributed by atoms with Crippen LogP contribution in [0.1, 0.15) is 46.5 Å². The molecule has 0 aromatic carbocycles. The van der Waals surface area contributed by atoms with Gasteiger partial charge in [0.05, 0.1) is 6.10 Å². The van der Waals surface area contributed by atoms with Crippen LogP contribution in [-0.2, 0) is 18.9 Å². The van der Waals surface area contributed by atoms with Crippen LogP contribution in [0, 0.1) is 34.5 Å². The number of aliphatic hydroxyl groups excluding tert-OH is 1.